The molecule has 3 nitrogen and oxygen atoms in total. The summed E-state index contributed by atoms with van der Waals surface area (Å²) in [6.45, 7) is 1.59. The number of halogens is 4. The van der Waals surface area contributed by atoms with Gasteiger partial charge in [-0.3, -0.25) is 4.79 Å². The Bertz CT molecular complexity index is 803. The van der Waals surface area contributed by atoms with Gasteiger partial charge in [-0.05, 0) is 40.5 Å². The molecule has 108 valence electrons. The van der Waals surface area contributed by atoms with Crippen LogP contribution in [0.25, 0.3) is 11.1 Å². The van der Waals surface area contributed by atoms with Crippen molar-refractivity contribution in [3.63, 3.8) is 0 Å². The smallest absolute Gasteiger partial charge is 0.325 e. The van der Waals surface area contributed by atoms with Gasteiger partial charge in [0, 0.05) is 15.7 Å². The van der Waals surface area contributed by atoms with Crippen LogP contribution in [0.1, 0.15) is 16.8 Å². The minimum absolute atomic E-state index is 0.149. The molecule has 0 atom stereocenters. The second-order valence-electron chi connectivity index (χ2n) is 4.35. The van der Waals surface area contributed by atoms with Crippen molar-refractivity contribution >= 4 is 15.9 Å². The molecule has 0 unspecified atom stereocenters. The maximum atomic E-state index is 12.9. The van der Waals surface area contributed by atoms with Crippen LogP contribution in [0.3, 0.4) is 0 Å². The Morgan fingerprint density at radius 1 is 1.29 bits per heavy atom. The van der Waals surface area contributed by atoms with E-state index in [-0.39, 0.29) is 21.2 Å². The highest BCUT2D eigenvalue weighted by atomic mass is 79.9. The van der Waals surface area contributed by atoms with E-state index in [4.69, 9.17) is 5.26 Å². The number of aromatic nitrogens is 1. The molecule has 0 aliphatic rings. The van der Waals surface area contributed by atoms with E-state index in [9.17, 15) is 18.0 Å². The van der Waals surface area contributed by atoms with Gasteiger partial charge in [0.2, 0.25) is 0 Å². The van der Waals surface area contributed by atoms with Gasteiger partial charge in [0.25, 0.3) is 5.56 Å². The molecule has 0 radical (unpaired) electrons. The monoisotopic (exact) mass is 356 g/mol. The van der Waals surface area contributed by atoms with Crippen molar-refractivity contribution in [3.8, 4) is 17.2 Å². The number of pyridine rings is 1. The fourth-order valence-corrected chi connectivity index (χ4v) is 2.67. The molecule has 1 N–H and O–H groups in total. The number of hydrogen-bond acceptors (Lipinski definition) is 2. The van der Waals surface area contributed by atoms with Crippen molar-refractivity contribution in [1.82, 2.24) is 4.98 Å². The summed E-state index contributed by atoms with van der Waals surface area (Å²) in [6, 6.07) is 6.79. The highest BCUT2D eigenvalue weighted by Gasteiger charge is 2.34. The van der Waals surface area contributed by atoms with E-state index in [0.717, 1.165) is 6.07 Å². The van der Waals surface area contributed by atoms with Crippen LogP contribution in [-0.4, -0.2) is 4.98 Å². The van der Waals surface area contributed by atoms with Gasteiger partial charge in [-0.15, -0.1) is 0 Å². The molecule has 0 spiro atoms. The van der Waals surface area contributed by atoms with E-state index in [0.29, 0.717) is 5.69 Å². The first-order valence-corrected chi connectivity index (χ1v) is 6.55. The number of aromatic amines is 1. The van der Waals surface area contributed by atoms with Gasteiger partial charge in [-0.1, -0.05) is 12.1 Å². The summed E-state index contributed by atoms with van der Waals surface area (Å²) >= 11 is 2.92. The quantitative estimate of drug-likeness (QED) is 0.839. The molecular weight excluding hydrogens is 349 g/mol. The fourth-order valence-electron chi connectivity index (χ4n) is 1.97. The highest BCUT2D eigenvalue weighted by Crippen LogP contribution is 2.40. The van der Waals surface area contributed by atoms with E-state index >= 15 is 0 Å². The summed E-state index contributed by atoms with van der Waals surface area (Å²) in [7, 11) is 0. The Morgan fingerprint density at radius 2 is 1.95 bits per heavy atom. The van der Waals surface area contributed by atoms with Crippen molar-refractivity contribution in [1.29, 1.82) is 5.26 Å². The molecule has 1 heterocycles. The van der Waals surface area contributed by atoms with Crippen LogP contribution in [-0.2, 0) is 6.18 Å². The van der Waals surface area contributed by atoms with Crippen molar-refractivity contribution in [2.45, 2.75) is 13.1 Å². The van der Waals surface area contributed by atoms with E-state index < -0.39 is 17.3 Å². The molecule has 0 saturated carbocycles. The third-order valence-electron chi connectivity index (χ3n) is 2.87. The van der Waals surface area contributed by atoms with Crippen LogP contribution < -0.4 is 5.56 Å². The predicted octanol–water partition coefficient (Wildman–Crippen LogP) is 4.00. The van der Waals surface area contributed by atoms with Crippen LogP contribution in [0.4, 0.5) is 13.2 Å². The van der Waals surface area contributed by atoms with Crippen LogP contribution in [0.2, 0.25) is 0 Å². The molecule has 0 aliphatic carbocycles. The summed E-state index contributed by atoms with van der Waals surface area (Å²) in [5.41, 5.74) is -0.940. The number of rotatable bonds is 1. The van der Waals surface area contributed by atoms with Crippen LogP contribution in [0, 0.1) is 18.3 Å². The zero-order chi connectivity index (χ0) is 15.8. The van der Waals surface area contributed by atoms with Crippen molar-refractivity contribution in [2.75, 3.05) is 0 Å². The lowest BCUT2D eigenvalue weighted by Crippen LogP contribution is -2.13. The predicted molar refractivity (Wildman–Crippen MR) is 74.7 cm³/mol. The van der Waals surface area contributed by atoms with E-state index in [2.05, 4.69) is 20.9 Å². The van der Waals surface area contributed by atoms with E-state index in [1.54, 1.807) is 13.0 Å². The second kappa shape index (κ2) is 5.37. The summed E-state index contributed by atoms with van der Waals surface area (Å²) in [5.74, 6) is 0. The molecule has 2 aromatic rings. The van der Waals surface area contributed by atoms with Gasteiger partial charge < -0.3 is 4.98 Å². The maximum Gasteiger partial charge on any atom is 0.417 e. The zero-order valence-corrected chi connectivity index (χ0v) is 12.3. The SMILES string of the molecule is Cc1cc(-c2cccc(C(F)(F)F)c2Br)c(C#N)c(=O)[nH]1. The Morgan fingerprint density at radius 3 is 2.52 bits per heavy atom. The van der Waals surface area contributed by atoms with Crippen LogP contribution in [0.15, 0.2) is 33.5 Å². The summed E-state index contributed by atoms with van der Waals surface area (Å²) < 4.78 is 38.6. The van der Waals surface area contributed by atoms with Crippen molar-refractivity contribution < 1.29 is 13.2 Å². The first-order valence-electron chi connectivity index (χ1n) is 5.76. The summed E-state index contributed by atoms with van der Waals surface area (Å²) in [6.07, 6.45) is -4.53. The zero-order valence-electron chi connectivity index (χ0n) is 10.7. The number of nitriles is 1. The minimum Gasteiger partial charge on any atom is -0.325 e. The largest absolute Gasteiger partial charge is 0.417 e. The number of nitrogens with one attached hydrogen (secondary N) is 1. The van der Waals surface area contributed by atoms with E-state index in [1.807, 2.05) is 0 Å². The van der Waals surface area contributed by atoms with Crippen molar-refractivity contribution in [3.05, 3.63) is 55.9 Å². The third kappa shape index (κ3) is 2.85. The minimum atomic E-state index is -4.53. The average Bonchev–Trinajstić information content (AvgIpc) is 2.36. The van der Waals surface area contributed by atoms with Crippen LogP contribution >= 0.6 is 15.9 Å². The fraction of sp³-hybridized carbons (Fsp3) is 0.143. The number of H-pyrrole nitrogens is 1. The van der Waals surface area contributed by atoms with E-state index in [1.165, 1.54) is 18.2 Å². The lowest BCUT2D eigenvalue weighted by atomic mass is 9.99. The number of benzene rings is 1. The molecule has 0 aliphatic heterocycles. The first kappa shape index (κ1) is 15.3. The molecular formula is C14H8BrF3N2O. The summed E-state index contributed by atoms with van der Waals surface area (Å²) in [5, 5.41) is 9.06. The Balaban J connectivity index is 2.81. The normalized spacial score (nSPS) is 11.2. The Hall–Kier alpha value is -2.07. The molecule has 0 fully saturated rings. The first-order chi connectivity index (χ1) is 9.75. The molecule has 1 aromatic heterocycles. The van der Waals surface area contributed by atoms with Crippen LogP contribution in [0.5, 0.6) is 0 Å². The van der Waals surface area contributed by atoms with Gasteiger partial charge in [0.1, 0.15) is 11.6 Å². The van der Waals surface area contributed by atoms with Crippen molar-refractivity contribution in [2.24, 2.45) is 0 Å². The topological polar surface area (TPSA) is 56.6 Å². The third-order valence-corrected chi connectivity index (χ3v) is 3.73. The molecule has 1 aromatic carbocycles. The molecule has 21 heavy (non-hydrogen) atoms. The number of hydrogen-bond donors (Lipinski definition) is 1. The Labute approximate surface area is 126 Å². The Kier molecular flexibility index (Phi) is 3.92. The standard InChI is InChI=1S/C14H8BrF3N2O/c1-7-5-9(10(6-19)13(21)20-7)8-3-2-4-11(12(8)15)14(16,17)18/h2-5H,1H3,(H,20,21). The average molecular weight is 357 g/mol. The molecule has 0 saturated heterocycles. The molecule has 2 rings (SSSR count). The number of nitrogens with zero attached hydrogens (tertiary/aromatic N) is 1. The van der Waals surface area contributed by atoms with Gasteiger partial charge in [-0.25, -0.2) is 0 Å². The lowest BCUT2D eigenvalue weighted by molar-refractivity contribution is -0.138. The second-order valence-corrected chi connectivity index (χ2v) is 5.14. The lowest BCUT2D eigenvalue weighted by Gasteiger charge is -2.13. The van der Waals surface area contributed by atoms with Gasteiger partial charge in [0.15, 0.2) is 0 Å². The van der Waals surface area contributed by atoms with Gasteiger partial charge >= 0.3 is 6.18 Å². The van der Waals surface area contributed by atoms with Gasteiger partial charge in [0.05, 0.1) is 5.56 Å². The highest BCUT2D eigenvalue weighted by molar-refractivity contribution is 9.10. The molecule has 7 heteroatoms. The maximum absolute atomic E-state index is 12.9. The molecule has 0 bridgehead atoms. The summed E-state index contributed by atoms with van der Waals surface area (Å²) in [4.78, 5) is 14.2. The van der Waals surface area contributed by atoms with Gasteiger partial charge in [-0.2, -0.15) is 18.4 Å². The number of alkyl halides is 3. The number of aryl methyl sites for hydroxylation is 1. The molecule has 0 amide bonds.